The maximum atomic E-state index is 11.8. The fourth-order valence-corrected chi connectivity index (χ4v) is 2.31. The summed E-state index contributed by atoms with van der Waals surface area (Å²) < 4.78 is 0. The number of carbonyl (C=O) groups excluding carboxylic acids is 1. The molecule has 5 heteroatoms. The molecule has 1 fully saturated rings. The number of likely N-dealkylation sites (tertiary alicyclic amines) is 1. The molecule has 1 amide bonds. The number of carboxylic acid groups (broad SMARTS) is 1. The standard InChI is InChI=1S/C13H20N2O3/c1-3-6-14-13(18)10(2)15-7-4-5-11(9-15)8-12(16)17/h1,10-11H,4-9H2,2H3,(H,14,18)(H,16,17). The van der Waals surface area contributed by atoms with Gasteiger partial charge in [0, 0.05) is 13.0 Å². The predicted octanol–water partition coefficient (Wildman–Crippen LogP) is 0.311. The van der Waals surface area contributed by atoms with Crippen LogP contribution in [0.2, 0.25) is 0 Å². The van der Waals surface area contributed by atoms with E-state index in [9.17, 15) is 9.59 Å². The van der Waals surface area contributed by atoms with Crippen LogP contribution in [0.15, 0.2) is 0 Å². The topological polar surface area (TPSA) is 69.6 Å². The zero-order chi connectivity index (χ0) is 13.5. The molecule has 2 N–H and O–H groups in total. The third-order valence-corrected chi connectivity index (χ3v) is 3.31. The molecule has 0 aromatic rings. The summed E-state index contributed by atoms with van der Waals surface area (Å²) in [5.74, 6) is 1.64. The van der Waals surface area contributed by atoms with E-state index in [1.54, 1.807) is 0 Å². The van der Waals surface area contributed by atoms with Crippen LogP contribution >= 0.6 is 0 Å². The SMILES string of the molecule is C#CCNC(=O)C(C)N1CCCC(CC(=O)O)C1. The van der Waals surface area contributed by atoms with Crippen molar-refractivity contribution >= 4 is 11.9 Å². The van der Waals surface area contributed by atoms with Crippen LogP contribution in [-0.2, 0) is 9.59 Å². The zero-order valence-corrected chi connectivity index (χ0v) is 10.7. The van der Waals surface area contributed by atoms with Crippen LogP contribution in [0.1, 0.15) is 26.2 Å². The van der Waals surface area contributed by atoms with Crippen molar-refractivity contribution in [3.8, 4) is 12.3 Å². The number of rotatable bonds is 5. The van der Waals surface area contributed by atoms with Gasteiger partial charge in [0.05, 0.1) is 12.6 Å². The number of carbonyl (C=O) groups is 2. The lowest BCUT2D eigenvalue weighted by Gasteiger charge is -2.35. The molecular formula is C13H20N2O3. The largest absolute Gasteiger partial charge is 0.481 e. The fraction of sp³-hybridized carbons (Fsp3) is 0.692. The average molecular weight is 252 g/mol. The summed E-state index contributed by atoms with van der Waals surface area (Å²) in [6, 6.07) is -0.255. The number of nitrogens with one attached hydrogen (secondary N) is 1. The Morgan fingerprint density at radius 3 is 2.94 bits per heavy atom. The van der Waals surface area contributed by atoms with E-state index < -0.39 is 5.97 Å². The number of amides is 1. The Kier molecular flexibility index (Phi) is 5.66. The van der Waals surface area contributed by atoms with Gasteiger partial charge in [-0.1, -0.05) is 5.92 Å². The Morgan fingerprint density at radius 2 is 2.33 bits per heavy atom. The van der Waals surface area contributed by atoms with E-state index in [0.29, 0.717) is 6.54 Å². The van der Waals surface area contributed by atoms with E-state index in [1.165, 1.54) is 0 Å². The molecular weight excluding hydrogens is 232 g/mol. The molecule has 0 spiro atoms. The van der Waals surface area contributed by atoms with Crippen LogP contribution < -0.4 is 5.32 Å². The molecule has 18 heavy (non-hydrogen) atoms. The van der Waals surface area contributed by atoms with Gasteiger partial charge in [0.1, 0.15) is 0 Å². The minimum absolute atomic E-state index is 0.0936. The van der Waals surface area contributed by atoms with Gasteiger partial charge in [-0.15, -0.1) is 6.42 Å². The molecule has 1 rings (SSSR count). The van der Waals surface area contributed by atoms with Gasteiger partial charge in [-0.25, -0.2) is 0 Å². The molecule has 0 saturated carbocycles. The summed E-state index contributed by atoms with van der Waals surface area (Å²) in [5, 5.41) is 11.4. The highest BCUT2D eigenvalue weighted by Gasteiger charge is 2.28. The number of nitrogens with zero attached hydrogens (tertiary/aromatic N) is 1. The van der Waals surface area contributed by atoms with Crippen LogP contribution in [0, 0.1) is 18.3 Å². The van der Waals surface area contributed by atoms with Gasteiger partial charge in [-0.3, -0.25) is 14.5 Å². The summed E-state index contributed by atoms with van der Waals surface area (Å²) in [6.45, 7) is 3.56. The number of hydrogen-bond acceptors (Lipinski definition) is 3. The summed E-state index contributed by atoms with van der Waals surface area (Å²) in [6.07, 6.45) is 7.12. The number of terminal acetylenes is 1. The van der Waals surface area contributed by atoms with E-state index in [-0.39, 0.29) is 30.8 Å². The predicted molar refractivity (Wildman–Crippen MR) is 67.9 cm³/mol. The lowest BCUT2D eigenvalue weighted by Crippen LogP contribution is -2.49. The summed E-state index contributed by atoms with van der Waals surface area (Å²) in [5.41, 5.74) is 0. The molecule has 1 heterocycles. The quantitative estimate of drug-likeness (QED) is 0.691. The smallest absolute Gasteiger partial charge is 0.303 e. The van der Waals surface area contributed by atoms with Crippen LogP contribution in [0.25, 0.3) is 0 Å². The molecule has 0 bridgehead atoms. The lowest BCUT2D eigenvalue weighted by atomic mass is 9.94. The van der Waals surface area contributed by atoms with E-state index >= 15 is 0 Å². The molecule has 0 aliphatic carbocycles. The van der Waals surface area contributed by atoms with Gasteiger partial charge in [-0.2, -0.15) is 0 Å². The number of aliphatic carboxylic acids is 1. The van der Waals surface area contributed by atoms with Gasteiger partial charge in [-0.05, 0) is 32.2 Å². The Balaban J connectivity index is 2.47. The second-order valence-electron chi connectivity index (χ2n) is 4.70. The second kappa shape index (κ2) is 7.02. The van der Waals surface area contributed by atoms with Gasteiger partial charge in [0.2, 0.25) is 5.91 Å². The number of carboxylic acids is 1. The van der Waals surface area contributed by atoms with Gasteiger partial charge in [0.15, 0.2) is 0 Å². The van der Waals surface area contributed by atoms with Crippen molar-refractivity contribution in [1.82, 2.24) is 10.2 Å². The van der Waals surface area contributed by atoms with Crippen molar-refractivity contribution in [1.29, 1.82) is 0 Å². The maximum absolute atomic E-state index is 11.8. The minimum Gasteiger partial charge on any atom is -0.481 e. The molecule has 0 aromatic carbocycles. The Bertz CT molecular complexity index is 349. The fourth-order valence-electron chi connectivity index (χ4n) is 2.31. The first-order valence-corrected chi connectivity index (χ1v) is 6.21. The first-order valence-electron chi connectivity index (χ1n) is 6.21. The minimum atomic E-state index is -0.772. The van der Waals surface area contributed by atoms with Crippen molar-refractivity contribution in [2.75, 3.05) is 19.6 Å². The maximum Gasteiger partial charge on any atom is 0.303 e. The summed E-state index contributed by atoms with van der Waals surface area (Å²) in [4.78, 5) is 24.5. The van der Waals surface area contributed by atoms with Crippen LogP contribution in [0.5, 0.6) is 0 Å². The Hall–Kier alpha value is -1.54. The molecule has 0 aromatic heterocycles. The highest BCUT2D eigenvalue weighted by Crippen LogP contribution is 2.21. The van der Waals surface area contributed by atoms with Crippen molar-refractivity contribution in [2.45, 2.75) is 32.2 Å². The van der Waals surface area contributed by atoms with E-state index in [1.807, 2.05) is 11.8 Å². The monoisotopic (exact) mass is 252 g/mol. The number of hydrogen-bond donors (Lipinski definition) is 2. The third kappa shape index (κ3) is 4.38. The van der Waals surface area contributed by atoms with E-state index in [2.05, 4.69) is 11.2 Å². The number of piperidine rings is 1. The third-order valence-electron chi connectivity index (χ3n) is 3.31. The second-order valence-corrected chi connectivity index (χ2v) is 4.70. The van der Waals surface area contributed by atoms with Crippen LogP contribution in [0.3, 0.4) is 0 Å². The van der Waals surface area contributed by atoms with Crippen LogP contribution in [0.4, 0.5) is 0 Å². The van der Waals surface area contributed by atoms with Crippen molar-refractivity contribution in [3.05, 3.63) is 0 Å². The molecule has 1 aliphatic heterocycles. The molecule has 0 radical (unpaired) electrons. The zero-order valence-electron chi connectivity index (χ0n) is 10.7. The lowest BCUT2D eigenvalue weighted by molar-refractivity contribution is -0.138. The molecule has 1 saturated heterocycles. The first kappa shape index (κ1) is 14.5. The Morgan fingerprint density at radius 1 is 1.61 bits per heavy atom. The van der Waals surface area contributed by atoms with Crippen molar-refractivity contribution < 1.29 is 14.7 Å². The van der Waals surface area contributed by atoms with Gasteiger partial charge in [0.25, 0.3) is 0 Å². The van der Waals surface area contributed by atoms with E-state index in [0.717, 1.165) is 19.4 Å². The highest BCUT2D eigenvalue weighted by molar-refractivity contribution is 5.81. The summed E-state index contributed by atoms with van der Waals surface area (Å²) >= 11 is 0. The molecule has 2 unspecified atom stereocenters. The van der Waals surface area contributed by atoms with Crippen molar-refractivity contribution in [2.24, 2.45) is 5.92 Å². The van der Waals surface area contributed by atoms with E-state index in [4.69, 9.17) is 11.5 Å². The molecule has 1 aliphatic rings. The normalized spacial score (nSPS) is 21.9. The highest BCUT2D eigenvalue weighted by atomic mass is 16.4. The van der Waals surface area contributed by atoms with Crippen LogP contribution in [-0.4, -0.2) is 47.6 Å². The molecule has 100 valence electrons. The molecule has 5 nitrogen and oxygen atoms in total. The van der Waals surface area contributed by atoms with Crippen molar-refractivity contribution in [3.63, 3.8) is 0 Å². The van der Waals surface area contributed by atoms with Gasteiger partial charge < -0.3 is 10.4 Å². The Labute approximate surface area is 108 Å². The van der Waals surface area contributed by atoms with Gasteiger partial charge >= 0.3 is 5.97 Å². The first-order chi connectivity index (χ1) is 8.54. The summed E-state index contributed by atoms with van der Waals surface area (Å²) in [7, 11) is 0. The average Bonchev–Trinajstić information content (AvgIpc) is 2.34. The molecule has 2 atom stereocenters.